The molecule has 0 unspecified atom stereocenters. The van der Waals surface area contributed by atoms with Crippen LogP contribution in [-0.2, 0) is 16.1 Å². The summed E-state index contributed by atoms with van der Waals surface area (Å²) in [5.74, 6) is 0.959. The number of anilines is 1. The Hall–Kier alpha value is -2.61. The number of nitrogens with one attached hydrogen (secondary N) is 2. The standard InChI is InChI=1S/C21H30N4O2.C2H4O2.C2H6/c1-24-14-18-12-17(2-3-19(18)23-13-20(24)26)21(27)25-10-6-16(7-11-25)15-4-8-22-9-5-15;1-2(3)4;1-2/h2-3,12,15-16,22-23H,4-11,13-14H2,1H3;1H3,(H,3,4);1-2H3. The third-order valence-corrected chi connectivity index (χ3v) is 6.49. The molecule has 0 radical (unpaired) electrons. The fourth-order valence-corrected chi connectivity index (χ4v) is 4.75. The summed E-state index contributed by atoms with van der Waals surface area (Å²) < 4.78 is 0. The number of rotatable bonds is 2. The second-order valence-electron chi connectivity index (χ2n) is 8.71. The van der Waals surface area contributed by atoms with Gasteiger partial charge >= 0.3 is 0 Å². The Morgan fingerprint density at radius 2 is 1.61 bits per heavy atom. The van der Waals surface area contributed by atoms with Crippen molar-refractivity contribution in [2.45, 2.75) is 53.0 Å². The van der Waals surface area contributed by atoms with Crippen molar-refractivity contribution in [3.05, 3.63) is 29.3 Å². The van der Waals surface area contributed by atoms with E-state index in [1.807, 2.05) is 36.9 Å². The highest BCUT2D eigenvalue weighted by molar-refractivity contribution is 5.95. The van der Waals surface area contributed by atoms with Crippen LogP contribution in [0.3, 0.4) is 0 Å². The van der Waals surface area contributed by atoms with Gasteiger partial charge in [0.2, 0.25) is 5.91 Å². The van der Waals surface area contributed by atoms with Gasteiger partial charge in [0.15, 0.2) is 0 Å². The molecule has 2 saturated heterocycles. The van der Waals surface area contributed by atoms with Crippen molar-refractivity contribution in [2.75, 3.05) is 45.1 Å². The third kappa shape index (κ3) is 7.74. The highest BCUT2D eigenvalue weighted by atomic mass is 16.4. The Morgan fingerprint density at radius 3 is 2.21 bits per heavy atom. The number of hydrogen-bond donors (Lipinski definition) is 3. The quantitative estimate of drug-likeness (QED) is 0.627. The largest absolute Gasteiger partial charge is 0.481 e. The van der Waals surface area contributed by atoms with E-state index in [0.29, 0.717) is 13.1 Å². The number of carboxylic acids is 1. The molecule has 8 heteroatoms. The summed E-state index contributed by atoms with van der Waals surface area (Å²) in [4.78, 5) is 37.6. The van der Waals surface area contributed by atoms with Crippen molar-refractivity contribution in [3.63, 3.8) is 0 Å². The summed E-state index contributed by atoms with van der Waals surface area (Å²) >= 11 is 0. The first kappa shape index (κ1) is 26.6. The number of benzene rings is 1. The van der Waals surface area contributed by atoms with Gasteiger partial charge in [-0.05, 0) is 74.4 Å². The van der Waals surface area contributed by atoms with Crippen molar-refractivity contribution in [1.82, 2.24) is 15.1 Å². The van der Waals surface area contributed by atoms with Crippen molar-refractivity contribution < 1.29 is 19.5 Å². The van der Waals surface area contributed by atoms with Crippen LogP contribution < -0.4 is 10.6 Å². The van der Waals surface area contributed by atoms with E-state index in [-0.39, 0.29) is 11.8 Å². The lowest BCUT2D eigenvalue weighted by Crippen LogP contribution is -2.42. The Labute approximate surface area is 197 Å². The molecule has 3 aliphatic heterocycles. The van der Waals surface area contributed by atoms with Gasteiger partial charge in [-0.3, -0.25) is 14.4 Å². The van der Waals surface area contributed by atoms with E-state index < -0.39 is 5.97 Å². The minimum absolute atomic E-state index is 0.0686. The summed E-state index contributed by atoms with van der Waals surface area (Å²) in [6.07, 6.45) is 4.81. The van der Waals surface area contributed by atoms with Gasteiger partial charge in [-0.25, -0.2) is 0 Å². The average Bonchev–Trinajstić information content (AvgIpc) is 2.97. The van der Waals surface area contributed by atoms with Gasteiger partial charge in [-0.1, -0.05) is 13.8 Å². The zero-order valence-electron chi connectivity index (χ0n) is 20.5. The topological polar surface area (TPSA) is 102 Å². The summed E-state index contributed by atoms with van der Waals surface area (Å²) in [5.41, 5.74) is 2.70. The second kappa shape index (κ2) is 13.2. The molecule has 0 spiro atoms. The maximum atomic E-state index is 13.0. The van der Waals surface area contributed by atoms with Crippen LogP contribution in [0, 0.1) is 11.8 Å². The SMILES string of the molecule is CC.CC(=O)O.CN1Cc2cc(C(=O)N3CCC(C4CCNCC4)CC3)ccc2NCC1=O. The van der Waals surface area contributed by atoms with Gasteiger partial charge in [-0.2, -0.15) is 0 Å². The monoisotopic (exact) mass is 460 g/mol. The number of aliphatic carboxylic acids is 1. The highest BCUT2D eigenvalue weighted by Gasteiger charge is 2.30. The van der Waals surface area contributed by atoms with Gasteiger partial charge in [0, 0.05) is 44.9 Å². The smallest absolute Gasteiger partial charge is 0.300 e. The molecule has 8 nitrogen and oxygen atoms in total. The van der Waals surface area contributed by atoms with E-state index in [2.05, 4.69) is 10.6 Å². The lowest BCUT2D eigenvalue weighted by Gasteiger charge is -2.37. The molecule has 33 heavy (non-hydrogen) atoms. The van der Waals surface area contributed by atoms with E-state index in [0.717, 1.165) is 74.6 Å². The molecule has 0 bridgehead atoms. The maximum absolute atomic E-state index is 13.0. The lowest BCUT2D eigenvalue weighted by molar-refractivity contribution is -0.134. The summed E-state index contributed by atoms with van der Waals surface area (Å²) in [6, 6.07) is 5.79. The fourth-order valence-electron chi connectivity index (χ4n) is 4.75. The Balaban J connectivity index is 0.000000582. The van der Waals surface area contributed by atoms with E-state index in [4.69, 9.17) is 9.90 Å². The summed E-state index contributed by atoms with van der Waals surface area (Å²) in [6.45, 7) is 9.94. The molecule has 3 aliphatic rings. The number of likely N-dealkylation sites (N-methyl/N-ethyl adjacent to an activating group) is 1. The molecule has 1 aromatic rings. The van der Waals surface area contributed by atoms with Crippen LogP contribution in [0.1, 0.15) is 62.4 Å². The average molecular weight is 461 g/mol. The molecular weight excluding hydrogens is 420 g/mol. The molecule has 0 saturated carbocycles. The number of likely N-dealkylation sites (tertiary alicyclic amines) is 1. The predicted molar refractivity (Wildman–Crippen MR) is 130 cm³/mol. The van der Waals surface area contributed by atoms with Gasteiger partial charge in [0.1, 0.15) is 0 Å². The molecule has 184 valence electrons. The zero-order chi connectivity index (χ0) is 24.4. The number of amides is 2. The van der Waals surface area contributed by atoms with Crippen molar-refractivity contribution in [2.24, 2.45) is 11.8 Å². The number of hydrogen-bond acceptors (Lipinski definition) is 5. The van der Waals surface area contributed by atoms with Crippen LogP contribution in [0.4, 0.5) is 5.69 Å². The van der Waals surface area contributed by atoms with Crippen LogP contribution in [-0.4, -0.2) is 72.5 Å². The molecule has 1 aromatic carbocycles. The molecule has 0 aliphatic carbocycles. The first-order valence-electron chi connectivity index (χ1n) is 12.2. The number of carbonyl (C=O) groups is 3. The molecule has 4 rings (SSSR count). The zero-order valence-corrected chi connectivity index (χ0v) is 20.5. The number of nitrogens with zero attached hydrogens (tertiary/aromatic N) is 2. The van der Waals surface area contributed by atoms with Crippen molar-refractivity contribution in [1.29, 1.82) is 0 Å². The minimum atomic E-state index is -0.833. The van der Waals surface area contributed by atoms with E-state index in [1.54, 1.807) is 11.9 Å². The van der Waals surface area contributed by atoms with E-state index >= 15 is 0 Å². The van der Waals surface area contributed by atoms with Crippen molar-refractivity contribution in [3.8, 4) is 0 Å². The van der Waals surface area contributed by atoms with Crippen LogP contribution >= 0.6 is 0 Å². The van der Waals surface area contributed by atoms with Crippen molar-refractivity contribution >= 4 is 23.5 Å². The van der Waals surface area contributed by atoms with Crippen LogP contribution in [0.15, 0.2) is 18.2 Å². The lowest BCUT2D eigenvalue weighted by atomic mass is 9.79. The van der Waals surface area contributed by atoms with Crippen LogP contribution in [0.2, 0.25) is 0 Å². The Bertz CT molecular complexity index is 796. The third-order valence-electron chi connectivity index (χ3n) is 6.49. The van der Waals surface area contributed by atoms with Gasteiger partial charge in [0.05, 0.1) is 6.54 Å². The first-order chi connectivity index (χ1) is 15.8. The second-order valence-corrected chi connectivity index (χ2v) is 8.71. The molecule has 2 fully saturated rings. The summed E-state index contributed by atoms with van der Waals surface area (Å²) in [5, 5.41) is 14.0. The number of piperidine rings is 2. The molecule has 2 amide bonds. The van der Waals surface area contributed by atoms with E-state index in [9.17, 15) is 9.59 Å². The molecule has 0 aromatic heterocycles. The molecular formula is C25H40N4O4. The predicted octanol–water partition coefficient (Wildman–Crippen LogP) is 3.04. The van der Waals surface area contributed by atoms with Crippen LogP contribution in [0.5, 0.6) is 0 Å². The van der Waals surface area contributed by atoms with E-state index in [1.165, 1.54) is 12.8 Å². The molecule has 3 N–H and O–H groups in total. The normalized spacial score (nSPS) is 19.1. The van der Waals surface area contributed by atoms with Gasteiger partial charge in [0.25, 0.3) is 11.9 Å². The molecule has 3 heterocycles. The first-order valence-corrected chi connectivity index (χ1v) is 12.2. The fraction of sp³-hybridized carbons (Fsp3) is 0.640. The van der Waals surface area contributed by atoms with Gasteiger partial charge in [-0.15, -0.1) is 0 Å². The number of carbonyl (C=O) groups excluding carboxylic acids is 2. The summed E-state index contributed by atoms with van der Waals surface area (Å²) in [7, 11) is 1.80. The highest BCUT2D eigenvalue weighted by Crippen LogP contribution is 2.31. The van der Waals surface area contributed by atoms with Gasteiger partial charge < -0.3 is 25.5 Å². The number of carboxylic acid groups (broad SMARTS) is 1. The molecule has 0 atom stereocenters. The minimum Gasteiger partial charge on any atom is -0.481 e. The Kier molecular flexibility index (Phi) is 10.6. The Morgan fingerprint density at radius 1 is 1.03 bits per heavy atom. The number of fused-ring (bicyclic) bond motifs is 1. The van der Waals surface area contributed by atoms with Crippen LogP contribution in [0.25, 0.3) is 0 Å². The maximum Gasteiger partial charge on any atom is 0.300 e.